The smallest absolute Gasteiger partial charge is 0.266 e. The summed E-state index contributed by atoms with van der Waals surface area (Å²) in [5.41, 5.74) is 1.70. The van der Waals surface area contributed by atoms with Gasteiger partial charge in [-0.2, -0.15) is 0 Å². The first-order valence-electron chi connectivity index (χ1n) is 4.80. The molecule has 0 radical (unpaired) electrons. The molecule has 2 rings (SSSR count). The Bertz CT molecular complexity index is 574. The van der Waals surface area contributed by atoms with Crippen LogP contribution in [0.1, 0.15) is 12.5 Å². The second kappa shape index (κ2) is 4.62. The minimum atomic E-state index is -0.252. The molecule has 0 N–H and O–H groups in total. The van der Waals surface area contributed by atoms with Gasteiger partial charge in [0.25, 0.3) is 5.56 Å². The molecule has 0 unspecified atom stereocenters. The van der Waals surface area contributed by atoms with Gasteiger partial charge >= 0.3 is 0 Å². The number of halogens is 2. The zero-order chi connectivity index (χ0) is 11.7. The molecule has 0 spiro atoms. The van der Waals surface area contributed by atoms with Gasteiger partial charge in [0.2, 0.25) is 0 Å². The van der Waals surface area contributed by atoms with Crippen LogP contribution in [0.5, 0.6) is 0 Å². The molecule has 1 heterocycles. The van der Waals surface area contributed by atoms with Gasteiger partial charge in [0.15, 0.2) is 0 Å². The highest BCUT2D eigenvalue weighted by Gasteiger charge is 2.13. The third-order valence-corrected chi connectivity index (χ3v) is 4.17. The number of hydrogen-bond donors (Lipinski definition) is 0. The van der Waals surface area contributed by atoms with Crippen LogP contribution in [0, 0.1) is 0 Å². The van der Waals surface area contributed by atoms with Gasteiger partial charge in [-0.25, -0.2) is 3.96 Å². The molecule has 16 heavy (non-hydrogen) atoms. The number of rotatable bonds is 2. The maximum absolute atomic E-state index is 11.8. The molecule has 0 saturated heterocycles. The zero-order valence-electron chi connectivity index (χ0n) is 8.54. The van der Waals surface area contributed by atoms with Crippen molar-refractivity contribution in [1.82, 2.24) is 3.96 Å². The first-order chi connectivity index (χ1) is 7.65. The van der Waals surface area contributed by atoms with Crippen molar-refractivity contribution in [2.75, 3.05) is 0 Å². The van der Waals surface area contributed by atoms with Crippen molar-refractivity contribution in [3.63, 3.8) is 0 Å². The monoisotopic (exact) mass is 273 g/mol. The quantitative estimate of drug-likeness (QED) is 0.817. The van der Waals surface area contributed by atoms with E-state index in [2.05, 4.69) is 0 Å². The minimum absolute atomic E-state index is 0.0950. The summed E-state index contributed by atoms with van der Waals surface area (Å²) in [6, 6.07) is 7.72. The van der Waals surface area contributed by atoms with Crippen LogP contribution in [0.25, 0.3) is 5.69 Å². The van der Waals surface area contributed by atoms with E-state index >= 15 is 0 Å². The summed E-state index contributed by atoms with van der Waals surface area (Å²) in [5, 5.41) is 0.0950. The Labute approximate surface area is 107 Å². The average molecular weight is 274 g/mol. The predicted octanol–water partition coefficient (Wildman–Crippen LogP) is 3.77. The highest BCUT2D eigenvalue weighted by atomic mass is 35.5. The summed E-state index contributed by atoms with van der Waals surface area (Å²) < 4.78 is 1.86. The lowest BCUT2D eigenvalue weighted by Crippen LogP contribution is -2.12. The Hall–Kier alpha value is -0.770. The topological polar surface area (TPSA) is 22.0 Å². The van der Waals surface area contributed by atoms with Crippen molar-refractivity contribution in [2.24, 2.45) is 0 Å². The molecule has 2 nitrogen and oxygen atoms in total. The molecule has 84 valence electrons. The first kappa shape index (κ1) is 11.7. The highest BCUT2D eigenvalue weighted by Crippen LogP contribution is 2.27. The van der Waals surface area contributed by atoms with Gasteiger partial charge in [0, 0.05) is 0 Å². The zero-order valence-corrected chi connectivity index (χ0v) is 10.9. The third kappa shape index (κ3) is 1.90. The van der Waals surface area contributed by atoms with E-state index in [-0.39, 0.29) is 10.6 Å². The maximum Gasteiger partial charge on any atom is 0.285 e. The van der Waals surface area contributed by atoms with Crippen LogP contribution in [0.15, 0.2) is 29.1 Å². The van der Waals surface area contributed by atoms with Gasteiger partial charge < -0.3 is 0 Å². The fraction of sp³-hybridized carbons (Fsp3) is 0.182. The average Bonchev–Trinajstić information content (AvgIpc) is 2.57. The van der Waals surface area contributed by atoms with Crippen LogP contribution in [-0.4, -0.2) is 3.96 Å². The lowest BCUT2D eigenvalue weighted by Gasteiger charge is -2.05. The molecule has 0 amide bonds. The van der Waals surface area contributed by atoms with Crippen molar-refractivity contribution in [3.05, 3.63) is 49.5 Å². The fourth-order valence-electron chi connectivity index (χ4n) is 1.50. The minimum Gasteiger partial charge on any atom is -0.266 e. The van der Waals surface area contributed by atoms with Crippen LogP contribution < -0.4 is 5.56 Å². The van der Waals surface area contributed by atoms with Crippen molar-refractivity contribution in [1.29, 1.82) is 0 Å². The molecule has 0 aliphatic rings. The molecular formula is C11H9Cl2NOS. The lowest BCUT2D eigenvalue weighted by atomic mass is 10.1. The normalized spacial score (nSPS) is 10.7. The summed E-state index contributed by atoms with van der Waals surface area (Å²) in [6.45, 7) is 2.04. The molecule has 0 aliphatic carbocycles. The molecular weight excluding hydrogens is 265 g/mol. The maximum atomic E-state index is 11.8. The second-order valence-electron chi connectivity index (χ2n) is 3.26. The number of benzene rings is 1. The van der Waals surface area contributed by atoms with Crippen LogP contribution in [0.4, 0.5) is 0 Å². The molecule has 0 fully saturated rings. The van der Waals surface area contributed by atoms with E-state index in [1.807, 2.05) is 31.2 Å². The first-order valence-corrected chi connectivity index (χ1v) is 6.33. The fourth-order valence-corrected chi connectivity index (χ4v) is 2.81. The van der Waals surface area contributed by atoms with Crippen molar-refractivity contribution >= 4 is 34.7 Å². The SMILES string of the molecule is CCc1ccccc1-n1sc(Cl)c(Cl)c1=O. The summed E-state index contributed by atoms with van der Waals surface area (Å²) >= 11 is 12.8. The molecule has 1 aromatic heterocycles. The number of nitrogens with zero attached hydrogens (tertiary/aromatic N) is 1. The number of hydrogen-bond acceptors (Lipinski definition) is 2. The second-order valence-corrected chi connectivity index (χ2v) is 5.20. The van der Waals surface area contributed by atoms with Gasteiger partial charge in [-0.3, -0.25) is 4.79 Å². The Morgan fingerprint density at radius 1 is 1.31 bits per heavy atom. The Morgan fingerprint density at radius 3 is 2.56 bits per heavy atom. The van der Waals surface area contributed by atoms with Crippen LogP contribution >= 0.6 is 34.7 Å². The molecule has 0 aliphatic heterocycles. The van der Waals surface area contributed by atoms with Gasteiger partial charge in [0.1, 0.15) is 9.36 Å². The van der Waals surface area contributed by atoms with E-state index in [1.54, 1.807) is 0 Å². The number of para-hydroxylation sites is 1. The highest BCUT2D eigenvalue weighted by molar-refractivity contribution is 7.12. The summed E-state index contributed by atoms with van der Waals surface area (Å²) in [5.74, 6) is 0. The number of aromatic nitrogens is 1. The molecule has 0 bridgehead atoms. The van der Waals surface area contributed by atoms with Gasteiger partial charge in [0.05, 0.1) is 5.69 Å². The molecule has 2 aromatic rings. The standard InChI is InChI=1S/C11H9Cl2NOS/c1-2-7-5-3-4-6-8(7)14-11(15)9(12)10(13)16-14/h3-6H,2H2,1H3. The van der Waals surface area contributed by atoms with E-state index in [4.69, 9.17) is 23.2 Å². The van der Waals surface area contributed by atoms with E-state index < -0.39 is 0 Å². The largest absolute Gasteiger partial charge is 0.285 e. The third-order valence-electron chi connectivity index (χ3n) is 2.31. The van der Waals surface area contributed by atoms with Crippen molar-refractivity contribution in [3.8, 4) is 5.69 Å². The Morgan fingerprint density at radius 2 is 2.00 bits per heavy atom. The summed E-state index contributed by atoms with van der Waals surface area (Å²) in [4.78, 5) is 11.8. The van der Waals surface area contributed by atoms with E-state index in [0.717, 1.165) is 29.2 Å². The van der Waals surface area contributed by atoms with Gasteiger partial charge in [-0.05, 0) is 29.6 Å². The summed E-state index contributed by atoms with van der Waals surface area (Å²) in [6.07, 6.45) is 0.857. The van der Waals surface area contributed by atoms with Crippen LogP contribution in [0.2, 0.25) is 9.36 Å². The molecule has 1 aromatic carbocycles. The van der Waals surface area contributed by atoms with Crippen molar-refractivity contribution < 1.29 is 0 Å². The Kier molecular flexibility index (Phi) is 3.38. The lowest BCUT2D eigenvalue weighted by molar-refractivity contribution is 1.05. The number of aryl methyl sites for hydroxylation is 1. The predicted molar refractivity (Wildman–Crippen MR) is 69.3 cm³/mol. The summed E-state index contributed by atoms with van der Waals surface area (Å²) in [7, 11) is 0. The van der Waals surface area contributed by atoms with E-state index in [0.29, 0.717) is 4.34 Å². The molecule has 0 saturated carbocycles. The van der Waals surface area contributed by atoms with E-state index in [9.17, 15) is 4.79 Å². The Balaban J connectivity index is 2.68. The van der Waals surface area contributed by atoms with Gasteiger partial charge in [-0.1, -0.05) is 48.3 Å². The molecule has 5 heteroatoms. The molecule has 0 atom stereocenters. The van der Waals surface area contributed by atoms with Crippen LogP contribution in [-0.2, 0) is 6.42 Å². The van der Waals surface area contributed by atoms with E-state index in [1.165, 1.54) is 3.96 Å². The van der Waals surface area contributed by atoms with Crippen molar-refractivity contribution in [2.45, 2.75) is 13.3 Å². The van der Waals surface area contributed by atoms with Gasteiger partial charge in [-0.15, -0.1) is 0 Å². The van der Waals surface area contributed by atoms with Crippen LogP contribution in [0.3, 0.4) is 0 Å².